The first-order valence-corrected chi connectivity index (χ1v) is 8.22. The van der Waals surface area contributed by atoms with E-state index in [0.717, 1.165) is 65.0 Å². The topological polar surface area (TPSA) is 41.6 Å². The Hall–Kier alpha value is -0.610. The van der Waals surface area contributed by atoms with Gasteiger partial charge in [-0.1, -0.05) is 13.3 Å². The van der Waals surface area contributed by atoms with Crippen molar-refractivity contribution in [2.24, 2.45) is 11.3 Å². The van der Waals surface area contributed by atoms with Gasteiger partial charge in [0.2, 0.25) is 5.91 Å². The molecule has 0 aromatic rings. The Bertz CT molecular complexity index is 302. The zero-order valence-corrected chi connectivity index (χ0v) is 13.1. The van der Waals surface area contributed by atoms with Crippen molar-refractivity contribution >= 4 is 5.91 Å². The number of ether oxygens (including phenoxy) is 1. The summed E-state index contributed by atoms with van der Waals surface area (Å²) in [6.07, 6.45) is 6.56. The van der Waals surface area contributed by atoms with Gasteiger partial charge in [-0.15, -0.1) is 0 Å². The maximum Gasteiger partial charge on any atom is 0.229 e. The summed E-state index contributed by atoms with van der Waals surface area (Å²) < 4.78 is 5.53. The fraction of sp³-hybridized carbons (Fsp3) is 0.938. The Balaban J connectivity index is 1.95. The maximum atomic E-state index is 12.9. The predicted octanol–water partition coefficient (Wildman–Crippen LogP) is 2.04. The quantitative estimate of drug-likeness (QED) is 0.839. The van der Waals surface area contributed by atoms with Gasteiger partial charge in [0.05, 0.1) is 12.0 Å². The van der Waals surface area contributed by atoms with Gasteiger partial charge in [-0.3, -0.25) is 4.79 Å². The number of amides is 1. The monoisotopic (exact) mass is 282 g/mol. The largest absolute Gasteiger partial charge is 0.381 e. The molecule has 4 nitrogen and oxygen atoms in total. The lowest BCUT2D eigenvalue weighted by Crippen LogP contribution is -2.52. The Kier molecular flexibility index (Phi) is 5.85. The summed E-state index contributed by atoms with van der Waals surface area (Å²) in [7, 11) is 1.98. The molecule has 0 spiro atoms. The zero-order valence-electron chi connectivity index (χ0n) is 13.1. The highest BCUT2D eigenvalue weighted by Crippen LogP contribution is 2.34. The van der Waals surface area contributed by atoms with Crippen LogP contribution in [0.4, 0.5) is 0 Å². The van der Waals surface area contributed by atoms with Crippen LogP contribution in [0.3, 0.4) is 0 Å². The Morgan fingerprint density at radius 2 is 2.30 bits per heavy atom. The van der Waals surface area contributed by atoms with E-state index in [4.69, 9.17) is 4.74 Å². The van der Waals surface area contributed by atoms with E-state index in [2.05, 4.69) is 12.2 Å². The number of carbonyl (C=O) groups excluding carboxylic acids is 1. The number of hydrogen-bond donors (Lipinski definition) is 1. The summed E-state index contributed by atoms with van der Waals surface area (Å²) in [6, 6.07) is 0. The van der Waals surface area contributed by atoms with Gasteiger partial charge in [0.15, 0.2) is 0 Å². The van der Waals surface area contributed by atoms with Gasteiger partial charge >= 0.3 is 0 Å². The third-order valence-electron chi connectivity index (χ3n) is 4.79. The van der Waals surface area contributed by atoms with Crippen LogP contribution < -0.4 is 5.32 Å². The summed E-state index contributed by atoms with van der Waals surface area (Å²) in [5.74, 6) is 0.866. The zero-order chi connectivity index (χ0) is 14.4. The molecule has 116 valence electrons. The van der Waals surface area contributed by atoms with E-state index < -0.39 is 0 Å². The van der Waals surface area contributed by atoms with E-state index in [9.17, 15) is 4.79 Å². The second-order valence-corrected chi connectivity index (χ2v) is 6.58. The molecule has 2 aliphatic heterocycles. The van der Waals surface area contributed by atoms with Gasteiger partial charge in [-0.25, -0.2) is 0 Å². The van der Waals surface area contributed by atoms with Crippen LogP contribution in [0.5, 0.6) is 0 Å². The molecular formula is C16H30N2O2. The molecule has 2 aliphatic rings. The average molecular weight is 282 g/mol. The van der Waals surface area contributed by atoms with E-state index in [1.165, 1.54) is 6.42 Å². The van der Waals surface area contributed by atoms with E-state index in [1.54, 1.807) is 0 Å². The Labute approximate surface area is 123 Å². The third kappa shape index (κ3) is 3.73. The SMILES string of the molecule is CCCC1(C(=O)N(C)CC2CCCOC2)CCCNC1. The molecule has 0 aliphatic carbocycles. The van der Waals surface area contributed by atoms with Gasteiger partial charge in [0, 0.05) is 26.7 Å². The van der Waals surface area contributed by atoms with Gasteiger partial charge in [0.1, 0.15) is 0 Å². The highest BCUT2D eigenvalue weighted by Gasteiger charge is 2.40. The summed E-state index contributed by atoms with van der Waals surface area (Å²) in [6.45, 7) is 6.64. The summed E-state index contributed by atoms with van der Waals surface area (Å²) >= 11 is 0. The molecule has 20 heavy (non-hydrogen) atoms. The Morgan fingerprint density at radius 3 is 2.90 bits per heavy atom. The second-order valence-electron chi connectivity index (χ2n) is 6.58. The van der Waals surface area contributed by atoms with Crippen LogP contribution in [0.1, 0.15) is 45.4 Å². The summed E-state index contributed by atoms with van der Waals surface area (Å²) in [4.78, 5) is 14.9. The summed E-state index contributed by atoms with van der Waals surface area (Å²) in [5.41, 5.74) is -0.155. The molecule has 0 aromatic heterocycles. The first kappa shape index (κ1) is 15.8. The molecule has 2 unspecified atom stereocenters. The van der Waals surface area contributed by atoms with Crippen LogP contribution in [0.2, 0.25) is 0 Å². The summed E-state index contributed by atoms with van der Waals surface area (Å²) in [5, 5.41) is 3.43. The number of piperidine rings is 1. The maximum absolute atomic E-state index is 12.9. The third-order valence-corrected chi connectivity index (χ3v) is 4.79. The highest BCUT2D eigenvalue weighted by molar-refractivity contribution is 5.83. The minimum Gasteiger partial charge on any atom is -0.381 e. The van der Waals surface area contributed by atoms with Gasteiger partial charge in [0.25, 0.3) is 0 Å². The van der Waals surface area contributed by atoms with Crippen molar-refractivity contribution in [2.75, 3.05) is 39.9 Å². The standard InChI is InChI=1S/C16H30N2O2/c1-3-7-16(8-5-9-17-13-16)15(19)18(2)11-14-6-4-10-20-12-14/h14,17H,3-13H2,1-2H3. The van der Waals surface area contributed by atoms with Crippen molar-refractivity contribution in [3.8, 4) is 0 Å². The molecule has 0 aromatic carbocycles. The highest BCUT2D eigenvalue weighted by atomic mass is 16.5. The van der Waals surface area contributed by atoms with Crippen molar-refractivity contribution in [3.05, 3.63) is 0 Å². The van der Waals surface area contributed by atoms with E-state index in [1.807, 2.05) is 11.9 Å². The lowest BCUT2D eigenvalue weighted by molar-refractivity contribution is -0.143. The normalized spacial score (nSPS) is 31.0. The molecule has 1 N–H and O–H groups in total. The number of hydrogen-bond acceptors (Lipinski definition) is 3. The molecule has 1 amide bonds. The minimum absolute atomic E-state index is 0.155. The molecule has 0 radical (unpaired) electrons. The van der Waals surface area contributed by atoms with Crippen LogP contribution in [0.15, 0.2) is 0 Å². The smallest absolute Gasteiger partial charge is 0.229 e. The molecular weight excluding hydrogens is 252 g/mol. The van der Waals surface area contributed by atoms with Crippen molar-refractivity contribution in [3.63, 3.8) is 0 Å². The molecule has 4 heteroatoms. The fourth-order valence-corrected chi connectivity index (χ4v) is 3.78. The minimum atomic E-state index is -0.155. The molecule has 0 bridgehead atoms. The van der Waals surface area contributed by atoms with Crippen molar-refractivity contribution in [1.82, 2.24) is 10.2 Å². The van der Waals surface area contributed by atoms with Crippen molar-refractivity contribution in [1.29, 1.82) is 0 Å². The molecule has 0 saturated carbocycles. The predicted molar refractivity (Wildman–Crippen MR) is 80.6 cm³/mol. The number of carbonyl (C=O) groups is 1. The number of nitrogens with zero attached hydrogens (tertiary/aromatic N) is 1. The van der Waals surface area contributed by atoms with Gasteiger partial charge < -0.3 is 15.0 Å². The Morgan fingerprint density at radius 1 is 1.45 bits per heavy atom. The van der Waals surface area contributed by atoms with Crippen LogP contribution in [0, 0.1) is 11.3 Å². The number of rotatable bonds is 5. The van der Waals surface area contributed by atoms with Crippen molar-refractivity contribution in [2.45, 2.75) is 45.4 Å². The van der Waals surface area contributed by atoms with E-state index >= 15 is 0 Å². The van der Waals surface area contributed by atoms with Gasteiger partial charge in [-0.2, -0.15) is 0 Å². The van der Waals surface area contributed by atoms with E-state index in [-0.39, 0.29) is 5.41 Å². The van der Waals surface area contributed by atoms with Crippen LogP contribution in [-0.4, -0.2) is 50.7 Å². The first-order chi connectivity index (χ1) is 9.68. The molecule has 2 fully saturated rings. The lowest BCUT2D eigenvalue weighted by atomic mass is 9.75. The fourth-order valence-electron chi connectivity index (χ4n) is 3.78. The van der Waals surface area contributed by atoms with Crippen molar-refractivity contribution < 1.29 is 9.53 Å². The van der Waals surface area contributed by atoms with E-state index in [0.29, 0.717) is 11.8 Å². The van der Waals surface area contributed by atoms with Crippen LogP contribution in [0.25, 0.3) is 0 Å². The van der Waals surface area contributed by atoms with Gasteiger partial charge in [-0.05, 0) is 44.6 Å². The van der Waals surface area contributed by atoms with Crippen LogP contribution in [-0.2, 0) is 9.53 Å². The molecule has 2 rings (SSSR count). The molecule has 2 heterocycles. The second kappa shape index (κ2) is 7.41. The van der Waals surface area contributed by atoms with Crippen LogP contribution >= 0.6 is 0 Å². The number of nitrogens with one attached hydrogen (secondary N) is 1. The average Bonchev–Trinajstić information content (AvgIpc) is 2.48. The lowest BCUT2D eigenvalue weighted by Gasteiger charge is -2.40. The first-order valence-electron chi connectivity index (χ1n) is 8.22. The molecule has 2 atom stereocenters. The molecule has 2 saturated heterocycles.